The molecule has 0 aliphatic carbocycles. The Labute approximate surface area is 135 Å². The Morgan fingerprint density at radius 3 is 2.83 bits per heavy atom. The maximum absolute atomic E-state index is 10.5. The van der Waals surface area contributed by atoms with E-state index in [0.717, 1.165) is 12.2 Å². The van der Waals surface area contributed by atoms with E-state index in [1.54, 1.807) is 13.1 Å². The molecule has 3 heterocycles. The number of nitrogens with zero attached hydrogens (tertiary/aromatic N) is 6. The smallest absolute Gasteiger partial charge is 0.230 e. The maximum Gasteiger partial charge on any atom is 0.230 e. The minimum Gasteiger partial charge on any atom is -0.424 e. The van der Waals surface area contributed by atoms with Crippen molar-refractivity contribution in [3.63, 3.8) is 0 Å². The van der Waals surface area contributed by atoms with Crippen LogP contribution in [-0.4, -0.2) is 62.0 Å². The lowest BCUT2D eigenvalue weighted by molar-refractivity contribution is 0.0761. The summed E-state index contributed by atoms with van der Waals surface area (Å²) >= 11 is 0. The molecule has 1 unspecified atom stereocenters. The number of aliphatic hydroxyl groups is 1. The third-order valence-electron chi connectivity index (χ3n) is 4.11. The first kappa shape index (κ1) is 15.8. The van der Waals surface area contributed by atoms with E-state index >= 15 is 0 Å². The van der Waals surface area contributed by atoms with E-state index in [9.17, 15) is 5.11 Å². The molecule has 1 fully saturated rings. The molecule has 2 atom stereocenters. The second-order valence-electron chi connectivity index (χ2n) is 5.82. The minimum absolute atomic E-state index is 0.0173. The summed E-state index contributed by atoms with van der Waals surface area (Å²) in [5.41, 5.74) is 0.918. The Morgan fingerprint density at radius 2 is 2.17 bits per heavy atom. The normalized spacial score (nSPS) is 21.3. The maximum atomic E-state index is 10.5. The molecule has 1 saturated heterocycles. The standard InChI is InChI=1S/C15H22N6O2/c1-4-20(9-14-19-18-11(3)23-14)12-7-21(8-13(12)22)15-16-6-5-10(2)17-15/h5-6,12-13,22H,4,7-9H2,1-3H3/t12?,13-/m1/s1. The van der Waals surface area contributed by atoms with Gasteiger partial charge in [0.25, 0.3) is 0 Å². The van der Waals surface area contributed by atoms with E-state index < -0.39 is 6.10 Å². The first-order valence-electron chi connectivity index (χ1n) is 7.82. The summed E-state index contributed by atoms with van der Waals surface area (Å²) in [7, 11) is 0. The number of likely N-dealkylation sites (N-methyl/N-ethyl adjacent to an activating group) is 1. The molecule has 0 spiro atoms. The number of hydrogen-bond acceptors (Lipinski definition) is 8. The zero-order chi connectivity index (χ0) is 16.4. The van der Waals surface area contributed by atoms with Gasteiger partial charge in [0.05, 0.1) is 18.7 Å². The summed E-state index contributed by atoms with van der Waals surface area (Å²) in [6.45, 7) is 8.27. The van der Waals surface area contributed by atoms with Crippen molar-refractivity contribution >= 4 is 5.95 Å². The van der Waals surface area contributed by atoms with E-state index in [1.807, 2.05) is 17.9 Å². The van der Waals surface area contributed by atoms with Gasteiger partial charge in [-0.15, -0.1) is 10.2 Å². The second kappa shape index (κ2) is 6.59. The van der Waals surface area contributed by atoms with Crippen LogP contribution in [0.15, 0.2) is 16.7 Å². The first-order chi connectivity index (χ1) is 11.1. The highest BCUT2D eigenvalue weighted by Gasteiger charge is 2.36. The highest BCUT2D eigenvalue weighted by Crippen LogP contribution is 2.22. The molecular weight excluding hydrogens is 296 g/mol. The summed E-state index contributed by atoms with van der Waals surface area (Å²) in [4.78, 5) is 12.9. The molecule has 0 amide bonds. The van der Waals surface area contributed by atoms with Crippen LogP contribution in [0.1, 0.15) is 24.4 Å². The molecule has 2 aromatic rings. The number of aromatic nitrogens is 4. The Morgan fingerprint density at radius 1 is 1.35 bits per heavy atom. The average Bonchev–Trinajstić information content (AvgIpc) is 3.11. The Hall–Kier alpha value is -2.06. The largest absolute Gasteiger partial charge is 0.424 e. The monoisotopic (exact) mass is 318 g/mol. The summed E-state index contributed by atoms with van der Waals surface area (Å²) in [5, 5.41) is 18.4. The molecule has 3 rings (SSSR count). The molecule has 0 saturated carbocycles. The summed E-state index contributed by atoms with van der Waals surface area (Å²) in [6, 6.07) is 1.85. The molecule has 0 aromatic carbocycles. The van der Waals surface area contributed by atoms with Crippen molar-refractivity contribution in [1.82, 2.24) is 25.1 Å². The van der Waals surface area contributed by atoms with Crippen molar-refractivity contribution in [2.75, 3.05) is 24.5 Å². The van der Waals surface area contributed by atoms with Crippen LogP contribution >= 0.6 is 0 Å². The van der Waals surface area contributed by atoms with Crippen molar-refractivity contribution < 1.29 is 9.52 Å². The van der Waals surface area contributed by atoms with E-state index in [0.29, 0.717) is 37.4 Å². The van der Waals surface area contributed by atoms with Gasteiger partial charge in [-0.1, -0.05) is 6.92 Å². The SMILES string of the molecule is CCN(Cc1nnc(C)o1)C1CN(c2nccc(C)n2)C[C@H]1O. The van der Waals surface area contributed by atoms with E-state index in [-0.39, 0.29) is 6.04 Å². The Bertz CT molecular complexity index is 661. The van der Waals surface area contributed by atoms with Gasteiger partial charge in [-0.2, -0.15) is 0 Å². The molecule has 8 nitrogen and oxygen atoms in total. The molecular formula is C15H22N6O2. The van der Waals surface area contributed by atoms with Crippen molar-refractivity contribution in [1.29, 1.82) is 0 Å². The molecule has 23 heavy (non-hydrogen) atoms. The zero-order valence-electron chi connectivity index (χ0n) is 13.7. The number of β-amino-alcohol motifs (C(OH)–C–C–N with tert-alkyl or cyclic N) is 1. The third-order valence-corrected chi connectivity index (χ3v) is 4.11. The number of aryl methyl sites for hydroxylation is 2. The van der Waals surface area contributed by atoms with Crippen LogP contribution < -0.4 is 4.90 Å². The number of hydrogen-bond donors (Lipinski definition) is 1. The van der Waals surface area contributed by atoms with Crippen molar-refractivity contribution in [3.8, 4) is 0 Å². The highest BCUT2D eigenvalue weighted by atomic mass is 16.4. The van der Waals surface area contributed by atoms with Crippen LogP contribution in [0.4, 0.5) is 5.95 Å². The number of anilines is 1. The summed E-state index contributed by atoms with van der Waals surface area (Å²) < 4.78 is 5.45. The summed E-state index contributed by atoms with van der Waals surface area (Å²) in [6.07, 6.45) is 1.28. The molecule has 0 radical (unpaired) electrons. The predicted octanol–water partition coefficient (Wildman–Crippen LogP) is 0.548. The topological polar surface area (TPSA) is 91.4 Å². The van der Waals surface area contributed by atoms with Crippen molar-refractivity contribution in [2.24, 2.45) is 0 Å². The number of rotatable bonds is 5. The van der Waals surface area contributed by atoms with Crippen LogP contribution in [0, 0.1) is 13.8 Å². The average molecular weight is 318 g/mol. The molecule has 1 N–H and O–H groups in total. The lowest BCUT2D eigenvalue weighted by Crippen LogP contribution is -2.42. The van der Waals surface area contributed by atoms with Gasteiger partial charge in [0, 0.05) is 31.9 Å². The lowest BCUT2D eigenvalue weighted by Gasteiger charge is -2.27. The van der Waals surface area contributed by atoms with Gasteiger partial charge in [-0.25, -0.2) is 9.97 Å². The third kappa shape index (κ3) is 3.48. The second-order valence-corrected chi connectivity index (χ2v) is 5.82. The van der Waals surface area contributed by atoms with E-state index in [1.165, 1.54) is 0 Å². The van der Waals surface area contributed by atoms with Gasteiger partial charge in [0.2, 0.25) is 17.7 Å². The van der Waals surface area contributed by atoms with Crippen molar-refractivity contribution in [3.05, 3.63) is 29.7 Å². The van der Waals surface area contributed by atoms with Gasteiger partial charge in [-0.05, 0) is 19.5 Å². The fraction of sp³-hybridized carbons (Fsp3) is 0.600. The van der Waals surface area contributed by atoms with Crippen molar-refractivity contribution in [2.45, 2.75) is 39.5 Å². The van der Waals surface area contributed by atoms with Gasteiger partial charge < -0.3 is 14.4 Å². The molecule has 8 heteroatoms. The molecule has 124 valence electrons. The summed E-state index contributed by atoms with van der Waals surface area (Å²) in [5.74, 6) is 1.79. The van der Waals surface area contributed by atoms with E-state index in [4.69, 9.17) is 4.42 Å². The minimum atomic E-state index is -0.469. The van der Waals surface area contributed by atoms with Gasteiger partial charge >= 0.3 is 0 Å². The Kier molecular flexibility index (Phi) is 4.53. The predicted molar refractivity (Wildman–Crippen MR) is 83.9 cm³/mol. The fourth-order valence-electron chi connectivity index (χ4n) is 2.92. The van der Waals surface area contributed by atoms with Crippen LogP contribution in [-0.2, 0) is 6.54 Å². The van der Waals surface area contributed by atoms with Crippen LogP contribution in [0.5, 0.6) is 0 Å². The van der Waals surface area contributed by atoms with Gasteiger partial charge in [-0.3, -0.25) is 4.90 Å². The van der Waals surface area contributed by atoms with Gasteiger partial charge in [0.1, 0.15) is 0 Å². The van der Waals surface area contributed by atoms with Gasteiger partial charge in [0.15, 0.2) is 0 Å². The zero-order valence-corrected chi connectivity index (χ0v) is 13.7. The highest BCUT2D eigenvalue weighted by molar-refractivity contribution is 5.33. The molecule has 0 bridgehead atoms. The molecule has 1 aliphatic rings. The van der Waals surface area contributed by atoms with E-state index in [2.05, 4.69) is 32.0 Å². The quantitative estimate of drug-likeness (QED) is 0.854. The lowest BCUT2D eigenvalue weighted by atomic mass is 10.2. The van der Waals surface area contributed by atoms with Crippen LogP contribution in [0.25, 0.3) is 0 Å². The van der Waals surface area contributed by atoms with Crippen LogP contribution in [0.2, 0.25) is 0 Å². The fourth-order valence-corrected chi connectivity index (χ4v) is 2.92. The first-order valence-corrected chi connectivity index (χ1v) is 7.82. The number of aliphatic hydroxyl groups excluding tert-OH is 1. The van der Waals surface area contributed by atoms with Crippen LogP contribution in [0.3, 0.4) is 0 Å². The Balaban J connectivity index is 1.71. The molecule has 1 aliphatic heterocycles. The molecule has 2 aromatic heterocycles.